The Hall–Kier alpha value is -2.62. The van der Waals surface area contributed by atoms with Crippen LogP contribution in [0.25, 0.3) is 11.1 Å². The Kier molecular flexibility index (Phi) is 3.61. The number of para-hydroxylation sites is 1. The largest absolute Gasteiger partial charge is 0.465 e. The molecule has 0 saturated heterocycles. The first-order valence-electron chi connectivity index (χ1n) is 5.78. The quantitative estimate of drug-likeness (QED) is 0.823. The van der Waals surface area contributed by atoms with Crippen molar-refractivity contribution in [2.75, 3.05) is 5.32 Å². The predicted molar refractivity (Wildman–Crippen MR) is 73.5 cm³/mol. The van der Waals surface area contributed by atoms with Crippen LogP contribution >= 0.6 is 0 Å². The molecule has 0 aliphatic heterocycles. The molecule has 19 heavy (non-hydrogen) atoms. The van der Waals surface area contributed by atoms with Gasteiger partial charge in [0.2, 0.25) is 0 Å². The predicted octanol–water partition coefficient (Wildman–Crippen LogP) is 3.65. The molecule has 4 heteroatoms. The van der Waals surface area contributed by atoms with Crippen LogP contribution in [-0.2, 0) is 0 Å². The van der Waals surface area contributed by atoms with Gasteiger partial charge in [0.15, 0.2) is 5.78 Å². The number of hydrogen-bond donors (Lipinski definition) is 2. The third-order valence-corrected chi connectivity index (χ3v) is 2.75. The van der Waals surface area contributed by atoms with Gasteiger partial charge in [-0.3, -0.25) is 10.1 Å². The van der Waals surface area contributed by atoms with Crippen LogP contribution in [0.1, 0.15) is 17.3 Å². The maximum absolute atomic E-state index is 11.4. The summed E-state index contributed by atoms with van der Waals surface area (Å²) >= 11 is 0. The molecule has 2 aromatic carbocycles. The summed E-state index contributed by atoms with van der Waals surface area (Å²) in [7, 11) is 0. The summed E-state index contributed by atoms with van der Waals surface area (Å²) < 4.78 is 0. The van der Waals surface area contributed by atoms with E-state index < -0.39 is 6.09 Å². The van der Waals surface area contributed by atoms with Crippen molar-refractivity contribution in [3.05, 3.63) is 54.1 Å². The molecule has 1 amide bonds. The lowest BCUT2D eigenvalue weighted by Crippen LogP contribution is -2.08. The van der Waals surface area contributed by atoms with E-state index in [0.29, 0.717) is 11.3 Å². The molecule has 0 saturated carbocycles. The maximum atomic E-state index is 11.4. The summed E-state index contributed by atoms with van der Waals surface area (Å²) in [6.45, 7) is 1.50. The molecule has 0 unspecified atom stereocenters. The second-order valence-electron chi connectivity index (χ2n) is 4.11. The van der Waals surface area contributed by atoms with Crippen molar-refractivity contribution >= 4 is 17.6 Å². The Balaban J connectivity index is 2.49. The summed E-state index contributed by atoms with van der Waals surface area (Å²) in [5, 5.41) is 11.2. The monoisotopic (exact) mass is 255 g/mol. The Morgan fingerprint density at radius 2 is 1.79 bits per heavy atom. The lowest BCUT2D eigenvalue weighted by atomic mass is 10.0. The summed E-state index contributed by atoms with van der Waals surface area (Å²) in [5.74, 6) is -0.0227. The van der Waals surface area contributed by atoms with Crippen molar-refractivity contribution in [1.29, 1.82) is 0 Å². The fourth-order valence-corrected chi connectivity index (χ4v) is 1.86. The minimum atomic E-state index is -1.12. The van der Waals surface area contributed by atoms with E-state index in [9.17, 15) is 9.59 Å². The molecule has 0 aromatic heterocycles. The van der Waals surface area contributed by atoms with E-state index in [1.165, 1.54) is 6.92 Å². The van der Waals surface area contributed by atoms with Crippen LogP contribution in [-0.4, -0.2) is 17.0 Å². The summed E-state index contributed by atoms with van der Waals surface area (Å²) in [4.78, 5) is 22.1. The minimum absolute atomic E-state index is 0.0227. The van der Waals surface area contributed by atoms with Gasteiger partial charge in [0.1, 0.15) is 0 Å². The van der Waals surface area contributed by atoms with Gasteiger partial charge in [0.25, 0.3) is 0 Å². The zero-order valence-electron chi connectivity index (χ0n) is 10.4. The molecule has 96 valence electrons. The molecule has 4 nitrogen and oxygen atoms in total. The first-order valence-corrected chi connectivity index (χ1v) is 5.78. The van der Waals surface area contributed by atoms with Crippen LogP contribution in [0.3, 0.4) is 0 Å². The van der Waals surface area contributed by atoms with Crippen molar-refractivity contribution < 1.29 is 14.7 Å². The van der Waals surface area contributed by atoms with Gasteiger partial charge in [-0.25, -0.2) is 4.79 Å². The molecule has 0 aliphatic rings. The molecule has 0 radical (unpaired) electrons. The van der Waals surface area contributed by atoms with Crippen LogP contribution in [0.2, 0.25) is 0 Å². The Bertz CT molecular complexity index is 635. The highest BCUT2D eigenvalue weighted by atomic mass is 16.4. The van der Waals surface area contributed by atoms with E-state index in [-0.39, 0.29) is 5.78 Å². The standard InChI is InChI=1S/C15H13NO3/c1-10(17)11-5-4-6-12(9-11)13-7-2-3-8-14(13)16-15(18)19/h2-9,16H,1H3,(H,18,19). The van der Waals surface area contributed by atoms with Crippen molar-refractivity contribution in [2.24, 2.45) is 0 Å². The number of Topliss-reactive ketones (excluding diaryl/α,β-unsaturated/α-hetero) is 1. The van der Waals surface area contributed by atoms with E-state index >= 15 is 0 Å². The van der Waals surface area contributed by atoms with E-state index in [2.05, 4.69) is 5.32 Å². The van der Waals surface area contributed by atoms with E-state index in [0.717, 1.165) is 11.1 Å². The van der Waals surface area contributed by atoms with Crippen molar-refractivity contribution in [3.63, 3.8) is 0 Å². The zero-order chi connectivity index (χ0) is 13.8. The molecule has 0 spiro atoms. The van der Waals surface area contributed by atoms with Crippen LogP contribution in [0, 0.1) is 0 Å². The normalized spacial score (nSPS) is 9.95. The highest BCUT2D eigenvalue weighted by molar-refractivity contribution is 5.96. The van der Waals surface area contributed by atoms with Crippen LogP contribution in [0.15, 0.2) is 48.5 Å². The van der Waals surface area contributed by atoms with Gasteiger partial charge in [0, 0.05) is 11.1 Å². The molecule has 2 aromatic rings. The number of nitrogens with one attached hydrogen (secondary N) is 1. The minimum Gasteiger partial charge on any atom is -0.465 e. The number of hydrogen-bond acceptors (Lipinski definition) is 2. The average molecular weight is 255 g/mol. The lowest BCUT2D eigenvalue weighted by Gasteiger charge is -2.09. The summed E-state index contributed by atoms with van der Waals surface area (Å²) in [6.07, 6.45) is -1.12. The fourth-order valence-electron chi connectivity index (χ4n) is 1.86. The number of benzene rings is 2. The fraction of sp³-hybridized carbons (Fsp3) is 0.0667. The van der Waals surface area contributed by atoms with Crippen molar-refractivity contribution in [3.8, 4) is 11.1 Å². The second-order valence-corrected chi connectivity index (χ2v) is 4.11. The van der Waals surface area contributed by atoms with Gasteiger partial charge < -0.3 is 5.11 Å². The lowest BCUT2D eigenvalue weighted by molar-refractivity contribution is 0.101. The topological polar surface area (TPSA) is 66.4 Å². The van der Waals surface area contributed by atoms with Crippen LogP contribution in [0.5, 0.6) is 0 Å². The third-order valence-electron chi connectivity index (χ3n) is 2.75. The molecule has 0 heterocycles. The van der Waals surface area contributed by atoms with E-state index in [1.807, 2.05) is 18.2 Å². The molecule has 0 bridgehead atoms. The third kappa shape index (κ3) is 2.98. The van der Waals surface area contributed by atoms with E-state index in [4.69, 9.17) is 5.11 Å². The summed E-state index contributed by atoms with van der Waals surface area (Å²) in [5.41, 5.74) is 2.64. The van der Waals surface area contributed by atoms with Crippen LogP contribution < -0.4 is 5.32 Å². The highest BCUT2D eigenvalue weighted by Crippen LogP contribution is 2.28. The van der Waals surface area contributed by atoms with Crippen molar-refractivity contribution in [2.45, 2.75) is 6.92 Å². The molecule has 2 N–H and O–H groups in total. The maximum Gasteiger partial charge on any atom is 0.409 e. The van der Waals surface area contributed by atoms with E-state index in [1.54, 1.807) is 30.3 Å². The Morgan fingerprint density at radius 3 is 2.47 bits per heavy atom. The molecule has 2 rings (SSSR count). The first-order chi connectivity index (χ1) is 9.08. The zero-order valence-corrected chi connectivity index (χ0v) is 10.4. The highest BCUT2D eigenvalue weighted by Gasteiger charge is 2.08. The number of carbonyl (C=O) groups is 2. The van der Waals surface area contributed by atoms with Gasteiger partial charge in [-0.05, 0) is 24.6 Å². The first kappa shape index (κ1) is 12.8. The number of rotatable bonds is 3. The molecule has 0 atom stereocenters. The number of carboxylic acid groups (broad SMARTS) is 1. The van der Waals surface area contributed by atoms with Gasteiger partial charge in [-0.1, -0.05) is 36.4 Å². The molecular formula is C15H13NO3. The smallest absolute Gasteiger partial charge is 0.409 e. The molecular weight excluding hydrogens is 242 g/mol. The Labute approximate surface area is 110 Å². The Morgan fingerprint density at radius 1 is 1.05 bits per heavy atom. The number of ketones is 1. The number of carbonyl (C=O) groups excluding carboxylic acids is 1. The molecule has 0 fully saturated rings. The number of anilines is 1. The van der Waals surface area contributed by atoms with Crippen molar-refractivity contribution in [1.82, 2.24) is 0 Å². The average Bonchev–Trinajstić information content (AvgIpc) is 2.39. The summed E-state index contributed by atoms with van der Waals surface area (Å²) in [6, 6.07) is 14.2. The number of amides is 1. The van der Waals surface area contributed by atoms with Gasteiger partial charge in [-0.2, -0.15) is 0 Å². The SMILES string of the molecule is CC(=O)c1cccc(-c2ccccc2NC(=O)O)c1. The second kappa shape index (κ2) is 5.35. The molecule has 0 aliphatic carbocycles. The van der Waals surface area contributed by atoms with Crippen LogP contribution in [0.4, 0.5) is 10.5 Å². The van der Waals surface area contributed by atoms with Gasteiger partial charge >= 0.3 is 6.09 Å². The van der Waals surface area contributed by atoms with Gasteiger partial charge in [-0.15, -0.1) is 0 Å². The van der Waals surface area contributed by atoms with Gasteiger partial charge in [0.05, 0.1) is 5.69 Å².